The molecule has 0 heterocycles. The van der Waals surface area contributed by atoms with Crippen molar-refractivity contribution in [3.63, 3.8) is 0 Å². The Bertz CT molecular complexity index is 851. The first kappa shape index (κ1) is 26.2. The minimum Gasteiger partial charge on any atom is -0.462 e. The third-order valence-corrected chi connectivity index (χ3v) is 7.63. The average molecular weight is 466 g/mol. The number of hydrogen-bond acceptors (Lipinski definition) is 3. The Balaban J connectivity index is 1.33. The topological polar surface area (TPSA) is 50.1 Å². The molecule has 2 aliphatic rings. The number of nitriles is 1. The van der Waals surface area contributed by atoms with Crippen molar-refractivity contribution >= 4 is 5.97 Å². The highest BCUT2D eigenvalue weighted by atomic mass is 19.1. The quantitative estimate of drug-likeness (QED) is 0.199. The zero-order chi connectivity index (χ0) is 24.2. The Morgan fingerprint density at radius 3 is 2.44 bits per heavy atom. The third kappa shape index (κ3) is 8.42. The standard InChI is InChI=1S/C30H40FNO2/c1-2-3-7-23-10-14-25(15-11-23)26-16-18-27(19-17-26)30(33)34-29-20-12-24(13-21-29)8-5-4-6-9-28(31)22-32/h4,6,9-11,14-15,24,26-27,29H,2-3,5,7-8,12-13,16-21H2,1H3/t24-,26-,27-,29-. The van der Waals surface area contributed by atoms with Gasteiger partial charge in [0.1, 0.15) is 12.2 Å². The van der Waals surface area contributed by atoms with Crippen molar-refractivity contribution < 1.29 is 13.9 Å². The molecule has 0 bridgehead atoms. The Labute approximate surface area is 205 Å². The van der Waals surface area contributed by atoms with Crippen LogP contribution in [0.2, 0.25) is 0 Å². The highest BCUT2D eigenvalue weighted by Crippen LogP contribution is 2.37. The summed E-state index contributed by atoms with van der Waals surface area (Å²) in [6, 6.07) is 10.6. The summed E-state index contributed by atoms with van der Waals surface area (Å²) in [4.78, 5) is 12.8. The second kappa shape index (κ2) is 14.1. The van der Waals surface area contributed by atoms with Gasteiger partial charge in [-0.05, 0) is 106 Å². The highest BCUT2D eigenvalue weighted by Gasteiger charge is 2.31. The number of aryl methyl sites for hydroxylation is 1. The van der Waals surface area contributed by atoms with E-state index in [2.05, 4.69) is 31.2 Å². The predicted molar refractivity (Wildman–Crippen MR) is 135 cm³/mol. The maximum atomic E-state index is 12.8. The van der Waals surface area contributed by atoms with Gasteiger partial charge in [-0.3, -0.25) is 4.79 Å². The van der Waals surface area contributed by atoms with E-state index in [1.807, 2.05) is 6.08 Å². The van der Waals surface area contributed by atoms with Crippen LogP contribution in [0.15, 0.2) is 48.3 Å². The van der Waals surface area contributed by atoms with Crippen molar-refractivity contribution in [2.45, 2.75) is 102 Å². The van der Waals surface area contributed by atoms with Crippen LogP contribution < -0.4 is 0 Å². The van der Waals surface area contributed by atoms with Crippen LogP contribution in [-0.4, -0.2) is 12.1 Å². The van der Waals surface area contributed by atoms with Crippen molar-refractivity contribution in [3.05, 3.63) is 59.4 Å². The lowest BCUT2D eigenvalue weighted by Gasteiger charge is -2.31. The van der Waals surface area contributed by atoms with Gasteiger partial charge >= 0.3 is 5.97 Å². The largest absolute Gasteiger partial charge is 0.462 e. The number of carbonyl (C=O) groups is 1. The van der Waals surface area contributed by atoms with Gasteiger partial charge in [-0.25, -0.2) is 0 Å². The summed E-state index contributed by atoms with van der Waals surface area (Å²) in [6.07, 6.45) is 18.4. The molecule has 0 saturated heterocycles. The molecule has 0 radical (unpaired) electrons. The van der Waals surface area contributed by atoms with E-state index in [0.29, 0.717) is 11.8 Å². The summed E-state index contributed by atoms with van der Waals surface area (Å²) in [5.74, 6) is 0.521. The molecule has 34 heavy (non-hydrogen) atoms. The summed E-state index contributed by atoms with van der Waals surface area (Å²) in [6.45, 7) is 2.23. The molecule has 0 amide bonds. The predicted octanol–water partition coefficient (Wildman–Crippen LogP) is 8.12. The van der Waals surface area contributed by atoms with E-state index in [-0.39, 0.29) is 18.0 Å². The lowest BCUT2D eigenvalue weighted by Crippen LogP contribution is -2.29. The normalized spacial score (nSPS) is 25.7. The van der Waals surface area contributed by atoms with Gasteiger partial charge in [0.25, 0.3) is 0 Å². The molecule has 2 fully saturated rings. The van der Waals surface area contributed by atoms with E-state index in [1.54, 1.807) is 6.08 Å². The molecule has 2 saturated carbocycles. The van der Waals surface area contributed by atoms with E-state index in [0.717, 1.165) is 70.6 Å². The minimum absolute atomic E-state index is 0.0195. The smallest absolute Gasteiger partial charge is 0.309 e. The van der Waals surface area contributed by atoms with Crippen molar-refractivity contribution in [1.82, 2.24) is 0 Å². The van der Waals surface area contributed by atoms with Gasteiger partial charge in [-0.1, -0.05) is 49.8 Å². The first-order valence-corrected chi connectivity index (χ1v) is 13.3. The van der Waals surface area contributed by atoms with Crippen molar-refractivity contribution in [2.24, 2.45) is 11.8 Å². The Hall–Kier alpha value is -2.41. The Morgan fingerprint density at radius 1 is 1.09 bits per heavy atom. The van der Waals surface area contributed by atoms with Crippen LogP contribution in [0.4, 0.5) is 4.39 Å². The maximum Gasteiger partial charge on any atom is 0.309 e. The number of esters is 1. The van der Waals surface area contributed by atoms with Crippen LogP contribution in [0.5, 0.6) is 0 Å². The lowest BCUT2D eigenvalue weighted by atomic mass is 9.78. The summed E-state index contributed by atoms with van der Waals surface area (Å²) in [7, 11) is 0. The molecule has 0 aromatic heterocycles. The molecule has 0 N–H and O–H groups in total. The fourth-order valence-corrected chi connectivity index (χ4v) is 5.42. The van der Waals surface area contributed by atoms with Crippen molar-refractivity contribution in [3.8, 4) is 6.07 Å². The number of carbonyl (C=O) groups excluding carboxylic acids is 1. The SMILES string of the molecule is CCCCc1ccc([C@H]2CC[C@H](C(=O)O[C@H]3CC[C@H](CCC=CC=C(F)C#N)CC3)CC2)cc1. The summed E-state index contributed by atoms with van der Waals surface area (Å²) in [5.41, 5.74) is 2.85. The molecule has 0 atom stereocenters. The Kier molecular flexibility index (Phi) is 10.9. The lowest BCUT2D eigenvalue weighted by molar-refractivity contribution is -0.157. The molecular formula is C30H40FNO2. The van der Waals surface area contributed by atoms with E-state index >= 15 is 0 Å². The summed E-state index contributed by atoms with van der Waals surface area (Å²) < 4.78 is 18.7. The minimum atomic E-state index is -0.761. The monoisotopic (exact) mass is 465 g/mol. The number of hydrogen-bond donors (Lipinski definition) is 0. The van der Waals surface area contributed by atoms with Crippen LogP contribution in [-0.2, 0) is 16.0 Å². The van der Waals surface area contributed by atoms with Gasteiger partial charge in [0, 0.05) is 0 Å². The molecule has 0 unspecified atom stereocenters. The molecule has 1 aromatic carbocycles. The summed E-state index contributed by atoms with van der Waals surface area (Å²) in [5, 5.41) is 8.39. The number of ether oxygens (including phenoxy) is 1. The third-order valence-electron chi connectivity index (χ3n) is 7.63. The highest BCUT2D eigenvalue weighted by molar-refractivity contribution is 5.72. The van der Waals surface area contributed by atoms with Crippen LogP contribution in [0.25, 0.3) is 0 Å². The number of halogens is 1. The first-order valence-electron chi connectivity index (χ1n) is 13.3. The van der Waals surface area contributed by atoms with Gasteiger partial charge < -0.3 is 4.74 Å². The number of allylic oxidation sites excluding steroid dienone is 4. The van der Waals surface area contributed by atoms with Crippen molar-refractivity contribution in [1.29, 1.82) is 5.26 Å². The van der Waals surface area contributed by atoms with Gasteiger partial charge in [0.15, 0.2) is 5.83 Å². The van der Waals surface area contributed by atoms with Crippen molar-refractivity contribution in [2.75, 3.05) is 0 Å². The second-order valence-corrected chi connectivity index (χ2v) is 10.1. The van der Waals surface area contributed by atoms with E-state index in [4.69, 9.17) is 10.00 Å². The van der Waals surface area contributed by atoms with Gasteiger partial charge in [-0.2, -0.15) is 9.65 Å². The number of nitrogens with zero attached hydrogens (tertiary/aromatic N) is 1. The fourth-order valence-electron chi connectivity index (χ4n) is 5.42. The van der Waals surface area contributed by atoms with Crippen LogP contribution >= 0.6 is 0 Å². The number of benzene rings is 1. The molecular weight excluding hydrogens is 425 g/mol. The molecule has 4 heteroatoms. The zero-order valence-corrected chi connectivity index (χ0v) is 20.7. The average Bonchev–Trinajstić information content (AvgIpc) is 2.88. The van der Waals surface area contributed by atoms with Gasteiger partial charge in [-0.15, -0.1) is 0 Å². The van der Waals surface area contributed by atoms with Crippen LogP contribution in [0.3, 0.4) is 0 Å². The van der Waals surface area contributed by atoms with Gasteiger partial charge in [0.2, 0.25) is 0 Å². The molecule has 0 aliphatic heterocycles. The van der Waals surface area contributed by atoms with Gasteiger partial charge in [0.05, 0.1) is 5.92 Å². The molecule has 0 spiro atoms. The second-order valence-electron chi connectivity index (χ2n) is 10.1. The molecule has 2 aliphatic carbocycles. The zero-order valence-electron chi connectivity index (χ0n) is 20.7. The molecule has 184 valence electrons. The molecule has 3 nitrogen and oxygen atoms in total. The number of rotatable bonds is 10. The first-order chi connectivity index (χ1) is 16.6. The maximum absolute atomic E-state index is 12.8. The fraction of sp³-hybridized carbons (Fsp3) is 0.600. The van der Waals surface area contributed by atoms with Crippen LogP contribution in [0, 0.1) is 23.2 Å². The van der Waals surface area contributed by atoms with Crippen LogP contribution in [0.1, 0.15) is 101 Å². The van der Waals surface area contributed by atoms with E-state index in [9.17, 15) is 9.18 Å². The summed E-state index contributed by atoms with van der Waals surface area (Å²) >= 11 is 0. The van der Waals surface area contributed by atoms with E-state index in [1.165, 1.54) is 36.1 Å². The molecule has 3 rings (SSSR count). The Morgan fingerprint density at radius 2 is 1.79 bits per heavy atom. The van der Waals surface area contributed by atoms with E-state index < -0.39 is 5.83 Å². The number of unbranched alkanes of at least 4 members (excludes halogenated alkanes) is 1. The molecule has 1 aromatic rings.